The molecule has 106 valence electrons. The molecule has 0 N–H and O–H groups in total. The third-order valence-electron chi connectivity index (χ3n) is 3.20. The van der Waals surface area contributed by atoms with E-state index in [0.717, 1.165) is 11.5 Å². The average molecular weight is 306 g/mol. The maximum atomic E-state index is 13.0. The van der Waals surface area contributed by atoms with E-state index in [-0.39, 0.29) is 5.56 Å². The molecule has 0 unspecified atom stereocenters. The number of rotatable bonds is 2. The van der Waals surface area contributed by atoms with Gasteiger partial charge in [0.25, 0.3) is 0 Å². The maximum absolute atomic E-state index is 13.0. The van der Waals surface area contributed by atoms with E-state index in [1.165, 1.54) is 29.5 Å². The largest absolute Gasteiger partial charge is 0.417 e. The number of hydrogen-bond acceptors (Lipinski definition) is 2. The quantitative estimate of drug-likeness (QED) is 0.598. The number of halogens is 3. The van der Waals surface area contributed by atoms with Gasteiger partial charge in [0.05, 0.1) is 5.56 Å². The molecule has 0 aliphatic heterocycles. The van der Waals surface area contributed by atoms with Gasteiger partial charge in [0.1, 0.15) is 0 Å². The first-order chi connectivity index (χ1) is 9.98. The van der Waals surface area contributed by atoms with E-state index in [0.29, 0.717) is 10.3 Å². The first-order valence-electron chi connectivity index (χ1n) is 6.15. The first kappa shape index (κ1) is 13.8. The van der Waals surface area contributed by atoms with Gasteiger partial charge in [-0.15, -0.1) is 11.3 Å². The smallest absolute Gasteiger partial charge is 0.289 e. The van der Waals surface area contributed by atoms with Crippen LogP contribution in [0.15, 0.2) is 53.9 Å². The second-order valence-corrected chi connectivity index (χ2v) is 5.43. The normalized spacial score (nSPS) is 11.8. The number of alkyl halides is 3. The van der Waals surface area contributed by atoms with Crippen LogP contribution in [0.5, 0.6) is 0 Å². The van der Waals surface area contributed by atoms with E-state index in [9.17, 15) is 18.0 Å². The van der Waals surface area contributed by atoms with Gasteiger partial charge < -0.3 is 0 Å². The molecule has 0 atom stereocenters. The predicted molar refractivity (Wildman–Crippen MR) is 76.7 cm³/mol. The molecule has 1 heterocycles. The summed E-state index contributed by atoms with van der Waals surface area (Å²) in [6.07, 6.45) is -4.55. The maximum Gasteiger partial charge on any atom is 0.417 e. The third-order valence-corrected chi connectivity index (χ3v) is 4.16. The Morgan fingerprint density at radius 3 is 2.38 bits per heavy atom. The molecule has 1 aromatic heterocycles. The van der Waals surface area contributed by atoms with Crippen molar-refractivity contribution < 1.29 is 18.0 Å². The molecule has 3 aromatic rings. The molecule has 0 aliphatic carbocycles. The highest BCUT2D eigenvalue weighted by atomic mass is 32.1. The van der Waals surface area contributed by atoms with Crippen LogP contribution in [0.1, 0.15) is 21.5 Å². The number of hydrogen-bond donors (Lipinski definition) is 0. The average Bonchev–Trinajstić information content (AvgIpc) is 2.94. The number of ketones is 1. The zero-order valence-corrected chi connectivity index (χ0v) is 11.5. The third kappa shape index (κ3) is 2.45. The molecule has 0 fully saturated rings. The fourth-order valence-corrected chi connectivity index (χ4v) is 3.16. The fourth-order valence-electron chi connectivity index (χ4n) is 2.25. The standard InChI is InChI=1S/C16H9F3OS/c17-16(18,19)13-7-2-1-5-11(13)14(20)12-6-3-4-10-8-9-21-15(10)12/h1-9H. The zero-order valence-electron chi connectivity index (χ0n) is 10.6. The first-order valence-corrected chi connectivity index (χ1v) is 7.03. The Kier molecular flexibility index (Phi) is 3.29. The van der Waals surface area contributed by atoms with Gasteiger partial charge in [-0.2, -0.15) is 13.2 Å². The summed E-state index contributed by atoms with van der Waals surface area (Å²) in [5.41, 5.74) is -0.909. The number of fused-ring (bicyclic) bond motifs is 1. The van der Waals surface area contributed by atoms with Gasteiger partial charge in [0.2, 0.25) is 0 Å². The summed E-state index contributed by atoms with van der Waals surface area (Å²) < 4.78 is 39.8. The minimum atomic E-state index is -4.55. The molecular formula is C16H9F3OS. The summed E-state index contributed by atoms with van der Waals surface area (Å²) in [6.45, 7) is 0. The van der Waals surface area contributed by atoms with Crippen LogP contribution in [-0.4, -0.2) is 5.78 Å². The summed E-state index contributed by atoms with van der Waals surface area (Å²) in [4.78, 5) is 12.5. The van der Waals surface area contributed by atoms with Gasteiger partial charge >= 0.3 is 6.18 Å². The lowest BCUT2D eigenvalue weighted by molar-refractivity contribution is -0.137. The van der Waals surface area contributed by atoms with Crippen molar-refractivity contribution in [1.29, 1.82) is 0 Å². The molecule has 0 radical (unpaired) electrons. The predicted octanol–water partition coefficient (Wildman–Crippen LogP) is 5.15. The zero-order chi connectivity index (χ0) is 15.0. The molecule has 0 spiro atoms. The number of carbonyl (C=O) groups excluding carboxylic acids is 1. The molecule has 2 aromatic carbocycles. The lowest BCUT2D eigenvalue weighted by Crippen LogP contribution is -2.13. The Labute approximate surface area is 122 Å². The van der Waals surface area contributed by atoms with Gasteiger partial charge in [-0.3, -0.25) is 4.79 Å². The molecular weight excluding hydrogens is 297 g/mol. The second-order valence-electron chi connectivity index (χ2n) is 4.52. The summed E-state index contributed by atoms with van der Waals surface area (Å²) in [5, 5.41) is 2.67. The van der Waals surface area contributed by atoms with Gasteiger partial charge in [-0.05, 0) is 29.0 Å². The van der Waals surface area contributed by atoms with Gasteiger partial charge in [0, 0.05) is 15.8 Å². The van der Waals surface area contributed by atoms with Crippen molar-refractivity contribution in [1.82, 2.24) is 0 Å². The Bertz CT molecular complexity index is 818. The van der Waals surface area contributed by atoms with Crippen molar-refractivity contribution in [3.05, 3.63) is 70.6 Å². The molecule has 0 aliphatic rings. The molecule has 0 saturated carbocycles. The van der Waals surface area contributed by atoms with Crippen LogP contribution in [0, 0.1) is 0 Å². The SMILES string of the molecule is O=C(c1ccccc1C(F)(F)F)c1cccc2ccsc12. The Morgan fingerprint density at radius 1 is 0.905 bits per heavy atom. The molecule has 3 rings (SSSR count). The van der Waals surface area contributed by atoms with Gasteiger partial charge in [-0.1, -0.05) is 30.3 Å². The minimum Gasteiger partial charge on any atom is -0.289 e. The van der Waals surface area contributed by atoms with E-state index < -0.39 is 17.5 Å². The molecule has 0 saturated heterocycles. The van der Waals surface area contributed by atoms with Crippen LogP contribution in [-0.2, 0) is 6.18 Å². The summed E-state index contributed by atoms with van der Waals surface area (Å²) >= 11 is 1.35. The van der Waals surface area contributed by atoms with Gasteiger partial charge in [-0.25, -0.2) is 0 Å². The fraction of sp³-hybridized carbons (Fsp3) is 0.0625. The van der Waals surface area contributed by atoms with Crippen molar-refractivity contribution >= 4 is 27.2 Å². The second kappa shape index (κ2) is 5.00. The van der Waals surface area contributed by atoms with Crippen molar-refractivity contribution in [3.8, 4) is 0 Å². The van der Waals surface area contributed by atoms with Crippen LogP contribution in [0.25, 0.3) is 10.1 Å². The minimum absolute atomic E-state index is 0.305. The van der Waals surface area contributed by atoms with E-state index in [1.807, 2.05) is 17.5 Å². The van der Waals surface area contributed by atoms with Crippen LogP contribution < -0.4 is 0 Å². The highest BCUT2D eigenvalue weighted by Gasteiger charge is 2.35. The molecule has 0 bridgehead atoms. The van der Waals surface area contributed by atoms with Crippen molar-refractivity contribution in [2.24, 2.45) is 0 Å². The van der Waals surface area contributed by atoms with E-state index in [2.05, 4.69) is 0 Å². The van der Waals surface area contributed by atoms with Crippen LogP contribution >= 0.6 is 11.3 Å². The molecule has 0 amide bonds. The van der Waals surface area contributed by atoms with E-state index in [4.69, 9.17) is 0 Å². The number of benzene rings is 2. The highest BCUT2D eigenvalue weighted by Crippen LogP contribution is 2.34. The van der Waals surface area contributed by atoms with Crippen LogP contribution in [0.2, 0.25) is 0 Å². The topological polar surface area (TPSA) is 17.1 Å². The molecule has 5 heteroatoms. The Balaban J connectivity index is 2.18. The van der Waals surface area contributed by atoms with Crippen LogP contribution in [0.3, 0.4) is 0 Å². The monoisotopic (exact) mass is 306 g/mol. The summed E-state index contributed by atoms with van der Waals surface area (Å²) in [7, 11) is 0. The van der Waals surface area contributed by atoms with E-state index in [1.54, 1.807) is 12.1 Å². The molecule has 1 nitrogen and oxygen atoms in total. The Morgan fingerprint density at radius 2 is 1.62 bits per heavy atom. The summed E-state index contributed by atoms with van der Waals surface area (Å²) in [5.74, 6) is -0.601. The lowest BCUT2D eigenvalue weighted by Gasteiger charge is -2.12. The summed E-state index contributed by atoms with van der Waals surface area (Å²) in [6, 6.07) is 11.8. The Hall–Kier alpha value is -2.14. The van der Waals surface area contributed by atoms with Gasteiger partial charge in [0.15, 0.2) is 5.78 Å². The lowest BCUT2D eigenvalue weighted by atomic mass is 9.97. The van der Waals surface area contributed by atoms with Crippen LogP contribution in [0.4, 0.5) is 13.2 Å². The van der Waals surface area contributed by atoms with Crippen molar-refractivity contribution in [2.45, 2.75) is 6.18 Å². The van der Waals surface area contributed by atoms with E-state index >= 15 is 0 Å². The highest BCUT2D eigenvalue weighted by molar-refractivity contribution is 7.17. The molecule has 21 heavy (non-hydrogen) atoms. The number of carbonyl (C=O) groups is 1. The number of thiophene rings is 1. The van der Waals surface area contributed by atoms with Crippen molar-refractivity contribution in [3.63, 3.8) is 0 Å². The van der Waals surface area contributed by atoms with Crippen molar-refractivity contribution in [2.75, 3.05) is 0 Å².